The van der Waals surface area contributed by atoms with Crippen molar-refractivity contribution in [3.05, 3.63) is 18.3 Å². The molecule has 0 amide bonds. The number of aromatic nitrogens is 1. The molecule has 0 aromatic carbocycles. The Labute approximate surface area is 144 Å². The first-order valence-electron chi connectivity index (χ1n) is 8.67. The van der Waals surface area contributed by atoms with Crippen molar-refractivity contribution in [3.8, 4) is 0 Å². The number of hydrogen-bond donors (Lipinski definition) is 0. The highest BCUT2D eigenvalue weighted by atomic mass is 19.1. The maximum absolute atomic E-state index is 12.4. The molecule has 1 aromatic heterocycles. The molecule has 2 saturated heterocycles. The third kappa shape index (κ3) is 3.43. The molecule has 24 heavy (non-hydrogen) atoms. The number of halogens is 1. The van der Waals surface area contributed by atoms with Gasteiger partial charge in [-0.1, -0.05) is 6.07 Å². The van der Waals surface area contributed by atoms with Gasteiger partial charge in [0.1, 0.15) is 12.5 Å². The molecule has 3 heterocycles. The summed E-state index contributed by atoms with van der Waals surface area (Å²) in [6.45, 7) is 12.0. The lowest BCUT2D eigenvalue weighted by molar-refractivity contribution is 0.00578. The molecular formula is C17H27BFN3O2. The van der Waals surface area contributed by atoms with Crippen LogP contribution in [0.4, 0.5) is 10.2 Å². The lowest BCUT2D eigenvalue weighted by atomic mass is 9.80. The van der Waals surface area contributed by atoms with Crippen molar-refractivity contribution in [3.63, 3.8) is 0 Å². The maximum atomic E-state index is 12.4. The Kier molecular flexibility index (Phi) is 4.86. The summed E-state index contributed by atoms with van der Waals surface area (Å²) in [4.78, 5) is 8.97. The van der Waals surface area contributed by atoms with Crippen molar-refractivity contribution in [2.75, 3.05) is 44.3 Å². The summed E-state index contributed by atoms with van der Waals surface area (Å²) in [6, 6.07) is 4.05. The molecule has 0 bridgehead atoms. The van der Waals surface area contributed by atoms with Crippen molar-refractivity contribution in [1.82, 2.24) is 9.88 Å². The Bertz CT molecular complexity index is 543. The third-order valence-corrected chi connectivity index (χ3v) is 5.39. The molecule has 7 heteroatoms. The van der Waals surface area contributed by atoms with Crippen LogP contribution >= 0.6 is 0 Å². The summed E-state index contributed by atoms with van der Waals surface area (Å²) in [5.41, 5.74) is 0.250. The summed E-state index contributed by atoms with van der Waals surface area (Å²) in [6.07, 6.45) is 1.84. The zero-order valence-corrected chi connectivity index (χ0v) is 15.1. The SMILES string of the molecule is CC1(C)OB(c2ccc(N3CCN(CCF)CC3)nc2)OC1(C)C. The fourth-order valence-corrected chi connectivity index (χ4v) is 3.02. The van der Waals surface area contributed by atoms with Crippen LogP contribution in [0.3, 0.4) is 0 Å². The van der Waals surface area contributed by atoms with Crippen molar-refractivity contribution in [1.29, 1.82) is 0 Å². The Morgan fingerprint density at radius 3 is 2.21 bits per heavy atom. The van der Waals surface area contributed by atoms with Crippen molar-refractivity contribution in [2.24, 2.45) is 0 Å². The summed E-state index contributed by atoms with van der Waals surface area (Å²) >= 11 is 0. The first-order chi connectivity index (χ1) is 11.3. The number of alkyl halides is 1. The molecule has 0 unspecified atom stereocenters. The van der Waals surface area contributed by atoms with Crippen LogP contribution in [0.25, 0.3) is 0 Å². The Balaban J connectivity index is 1.63. The van der Waals surface area contributed by atoms with Crippen LogP contribution in [-0.4, -0.2) is 67.6 Å². The van der Waals surface area contributed by atoms with E-state index in [9.17, 15) is 4.39 Å². The number of piperazine rings is 1. The Morgan fingerprint density at radius 2 is 1.71 bits per heavy atom. The van der Waals surface area contributed by atoms with Gasteiger partial charge < -0.3 is 14.2 Å². The van der Waals surface area contributed by atoms with Gasteiger partial charge in [-0.15, -0.1) is 0 Å². The number of anilines is 1. The van der Waals surface area contributed by atoms with E-state index in [4.69, 9.17) is 9.31 Å². The summed E-state index contributed by atoms with van der Waals surface area (Å²) in [7, 11) is -0.377. The van der Waals surface area contributed by atoms with E-state index in [0.29, 0.717) is 6.54 Å². The van der Waals surface area contributed by atoms with Crippen LogP contribution in [-0.2, 0) is 9.31 Å². The quantitative estimate of drug-likeness (QED) is 0.779. The lowest BCUT2D eigenvalue weighted by Gasteiger charge is -2.34. The van der Waals surface area contributed by atoms with Gasteiger partial charge in [-0.2, -0.15) is 0 Å². The van der Waals surface area contributed by atoms with Gasteiger partial charge in [-0.25, -0.2) is 9.37 Å². The standard InChI is InChI=1S/C17H27BFN3O2/c1-16(2)17(3,4)24-18(23-16)14-5-6-15(20-13-14)22-11-9-21(8-7-19)10-12-22/h5-6,13H,7-12H2,1-4H3. The van der Waals surface area contributed by atoms with Gasteiger partial charge in [0.05, 0.1) is 11.2 Å². The van der Waals surface area contributed by atoms with Crippen LogP contribution in [0.15, 0.2) is 18.3 Å². The minimum atomic E-state index is -0.377. The highest BCUT2D eigenvalue weighted by Gasteiger charge is 2.51. The normalized spacial score (nSPS) is 23.7. The number of nitrogens with zero attached hydrogens (tertiary/aromatic N) is 3. The van der Waals surface area contributed by atoms with Crippen molar-refractivity contribution >= 4 is 18.4 Å². The van der Waals surface area contributed by atoms with Crippen LogP contribution in [0, 0.1) is 0 Å². The van der Waals surface area contributed by atoms with Crippen LogP contribution in [0.5, 0.6) is 0 Å². The second-order valence-electron chi connectivity index (χ2n) is 7.56. The van der Waals surface area contributed by atoms with Crippen molar-refractivity contribution < 1.29 is 13.7 Å². The first-order valence-corrected chi connectivity index (χ1v) is 8.67. The fourth-order valence-electron chi connectivity index (χ4n) is 3.02. The minimum Gasteiger partial charge on any atom is -0.399 e. The minimum absolute atomic E-state index is 0.277. The fraction of sp³-hybridized carbons (Fsp3) is 0.706. The van der Waals surface area contributed by atoms with E-state index in [1.54, 1.807) is 0 Å². The van der Waals surface area contributed by atoms with Gasteiger partial charge in [-0.3, -0.25) is 4.90 Å². The molecule has 0 spiro atoms. The molecule has 0 saturated carbocycles. The summed E-state index contributed by atoms with van der Waals surface area (Å²) in [5, 5.41) is 0. The molecule has 2 aliphatic heterocycles. The second kappa shape index (κ2) is 6.62. The van der Waals surface area contributed by atoms with E-state index in [2.05, 4.69) is 14.8 Å². The molecule has 0 N–H and O–H groups in total. The number of rotatable bonds is 4. The Morgan fingerprint density at radius 1 is 1.08 bits per heavy atom. The molecule has 1 aromatic rings. The monoisotopic (exact) mass is 335 g/mol. The average Bonchev–Trinajstić information content (AvgIpc) is 2.77. The van der Waals surface area contributed by atoms with E-state index in [1.165, 1.54) is 0 Å². The second-order valence-corrected chi connectivity index (χ2v) is 7.56. The van der Waals surface area contributed by atoms with E-state index >= 15 is 0 Å². The maximum Gasteiger partial charge on any atom is 0.496 e. The zero-order chi connectivity index (χ0) is 17.4. The summed E-state index contributed by atoms with van der Waals surface area (Å²) < 4.78 is 24.5. The molecule has 3 rings (SSSR count). The highest BCUT2D eigenvalue weighted by molar-refractivity contribution is 6.62. The van der Waals surface area contributed by atoms with Crippen molar-refractivity contribution in [2.45, 2.75) is 38.9 Å². The number of hydrogen-bond acceptors (Lipinski definition) is 5. The van der Waals surface area contributed by atoms with Gasteiger partial charge in [0.25, 0.3) is 0 Å². The molecule has 2 aliphatic rings. The predicted octanol–water partition coefficient (Wildman–Crippen LogP) is 1.47. The van der Waals surface area contributed by atoms with E-state index in [0.717, 1.165) is 37.5 Å². The van der Waals surface area contributed by atoms with Gasteiger partial charge in [0.2, 0.25) is 0 Å². The predicted molar refractivity (Wildman–Crippen MR) is 94.6 cm³/mol. The zero-order valence-electron chi connectivity index (χ0n) is 15.1. The van der Waals surface area contributed by atoms with E-state index in [-0.39, 0.29) is 25.0 Å². The lowest BCUT2D eigenvalue weighted by Crippen LogP contribution is -2.47. The molecule has 132 valence electrons. The van der Waals surface area contributed by atoms with Gasteiger partial charge >= 0.3 is 7.12 Å². The molecule has 0 aliphatic carbocycles. The molecule has 0 atom stereocenters. The first kappa shape index (κ1) is 17.6. The number of pyridine rings is 1. The topological polar surface area (TPSA) is 37.8 Å². The van der Waals surface area contributed by atoms with E-state index < -0.39 is 0 Å². The third-order valence-electron chi connectivity index (χ3n) is 5.39. The van der Waals surface area contributed by atoms with Crippen LogP contribution in [0.1, 0.15) is 27.7 Å². The van der Waals surface area contributed by atoms with Crippen LogP contribution in [0.2, 0.25) is 0 Å². The average molecular weight is 335 g/mol. The van der Waals surface area contributed by atoms with Crippen LogP contribution < -0.4 is 10.4 Å². The van der Waals surface area contributed by atoms with Gasteiger partial charge in [0.15, 0.2) is 0 Å². The highest BCUT2D eigenvalue weighted by Crippen LogP contribution is 2.36. The molecule has 2 fully saturated rings. The molecular weight excluding hydrogens is 308 g/mol. The largest absolute Gasteiger partial charge is 0.496 e. The summed E-state index contributed by atoms with van der Waals surface area (Å²) in [5.74, 6) is 0.954. The molecule has 0 radical (unpaired) electrons. The smallest absolute Gasteiger partial charge is 0.399 e. The van der Waals surface area contributed by atoms with Gasteiger partial charge in [-0.05, 0) is 33.8 Å². The molecule has 5 nitrogen and oxygen atoms in total. The Hall–Kier alpha value is -1.18. The van der Waals surface area contributed by atoms with E-state index in [1.807, 2.05) is 46.0 Å². The van der Waals surface area contributed by atoms with Gasteiger partial charge in [0, 0.05) is 44.4 Å².